The number of hydrogen-bond donors (Lipinski definition) is 1. The van der Waals surface area contributed by atoms with Crippen LogP contribution in [0.5, 0.6) is 0 Å². The molecule has 0 bridgehead atoms. The Morgan fingerprint density at radius 3 is 2.17 bits per heavy atom. The van der Waals surface area contributed by atoms with Crippen LogP contribution in [0.2, 0.25) is 0 Å². The summed E-state index contributed by atoms with van der Waals surface area (Å²) >= 11 is 0. The van der Waals surface area contributed by atoms with Gasteiger partial charge in [0.15, 0.2) is 0 Å². The monoisotopic (exact) mass is 310 g/mol. The lowest BCUT2D eigenvalue weighted by Crippen LogP contribution is -2.34. The van der Waals surface area contributed by atoms with Crippen LogP contribution in [0.4, 0.5) is 5.69 Å². The van der Waals surface area contributed by atoms with Crippen LogP contribution >= 0.6 is 0 Å². The van der Waals surface area contributed by atoms with Crippen LogP contribution in [0.25, 0.3) is 0 Å². The van der Waals surface area contributed by atoms with Crippen molar-refractivity contribution in [2.45, 2.75) is 33.2 Å². The summed E-state index contributed by atoms with van der Waals surface area (Å²) in [6.45, 7) is 8.24. The Bertz CT molecular complexity index is 603. The maximum Gasteiger partial charge on any atom is 0.251 e. The van der Waals surface area contributed by atoms with E-state index in [1.54, 1.807) is 0 Å². The van der Waals surface area contributed by atoms with Crippen LogP contribution in [0, 0.1) is 0 Å². The van der Waals surface area contributed by atoms with E-state index in [9.17, 15) is 4.79 Å². The molecule has 0 spiro atoms. The SMILES string of the molecule is CCN(CC)c1ccc(C(=O)N[C@@H](C)Cc2ccccc2)cc1. The lowest BCUT2D eigenvalue weighted by molar-refractivity contribution is 0.0940. The molecule has 0 unspecified atom stereocenters. The summed E-state index contributed by atoms with van der Waals surface area (Å²) in [7, 11) is 0. The van der Waals surface area contributed by atoms with Gasteiger partial charge in [-0.05, 0) is 57.0 Å². The minimum Gasteiger partial charge on any atom is -0.372 e. The van der Waals surface area contributed by atoms with Gasteiger partial charge in [0, 0.05) is 30.4 Å². The van der Waals surface area contributed by atoms with E-state index in [4.69, 9.17) is 0 Å². The third kappa shape index (κ3) is 4.85. The molecule has 0 fully saturated rings. The Kier molecular flexibility index (Phi) is 6.21. The van der Waals surface area contributed by atoms with Crippen LogP contribution in [-0.2, 0) is 6.42 Å². The fourth-order valence-electron chi connectivity index (χ4n) is 2.74. The molecule has 1 amide bonds. The molecule has 0 aliphatic carbocycles. The predicted molar refractivity (Wildman–Crippen MR) is 97.1 cm³/mol. The molecule has 0 aromatic heterocycles. The maximum absolute atomic E-state index is 12.3. The standard InChI is InChI=1S/C20H26N2O/c1-4-22(5-2)19-13-11-18(12-14-19)20(23)21-16(3)15-17-9-7-6-8-10-17/h6-14,16H,4-5,15H2,1-3H3,(H,21,23)/t16-/m0/s1. The van der Waals surface area contributed by atoms with E-state index in [1.807, 2.05) is 49.4 Å². The van der Waals surface area contributed by atoms with Gasteiger partial charge in [0.1, 0.15) is 0 Å². The summed E-state index contributed by atoms with van der Waals surface area (Å²) in [6, 6.07) is 18.2. The molecule has 0 aliphatic rings. The molecule has 1 N–H and O–H groups in total. The maximum atomic E-state index is 12.3. The molecule has 23 heavy (non-hydrogen) atoms. The zero-order chi connectivity index (χ0) is 16.7. The minimum atomic E-state index is -0.0143. The van der Waals surface area contributed by atoms with E-state index < -0.39 is 0 Å². The highest BCUT2D eigenvalue weighted by Gasteiger charge is 2.11. The zero-order valence-corrected chi connectivity index (χ0v) is 14.3. The molecule has 3 heteroatoms. The number of nitrogens with one attached hydrogen (secondary N) is 1. The average molecular weight is 310 g/mol. The lowest BCUT2D eigenvalue weighted by Gasteiger charge is -2.21. The second kappa shape index (κ2) is 8.37. The Morgan fingerprint density at radius 2 is 1.61 bits per heavy atom. The number of nitrogens with zero attached hydrogens (tertiary/aromatic N) is 1. The van der Waals surface area contributed by atoms with Crippen LogP contribution in [-0.4, -0.2) is 25.0 Å². The molecule has 1 atom stereocenters. The molecule has 122 valence electrons. The van der Waals surface area contributed by atoms with Crippen molar-refractivity contribution in [3.63, 3.8) is 0 Å². The zero-order valence-electron chi connectivity index (χ0n) is 14.3. The topological polar surface area (TPSA) is 32.3 Å². The van der Waals surface area contributed by atoms with Crippen molar-refractivity contribution in [3.8, 4) is 0 Å². The average Bonchev–Trinajstić information content (AvgIpc) is 2.57. The minimum absolute atomic E-state index is 0.0143. The van der Waals surface area contributed by atoms with E-state index in [-0.39, 0.29) is 11.9 Å². The molecule has 3 nitrogen and oxygen atoms in total. The van der Waals surface area contributed by atoms with E-state index in [1.165, 1.54) is 5.56 Å². The predicted octanol–water partition coefficient (Wildman–Crippen LogP) is 3.89. The molecule has 0 heterocycles. The Balaban J connectivity index is 1.95. The molecule has 2 aromatic rings. The van der Waals surface area contributed by atoms with Crippen LogP contribution in [0.1, 0.15) is 36.7 Å². The normalized spacial score (nSPS) is 11.8. The van der Waals surface area contributed by atoms with Gasteiger partial charge >= 0.3 is 0 Å². The van der Waals surface area contributed by atoms with Gasteiger partial charge in [0.25, 0.3) is 5.91 Å². The van der Waals surface area contributed by atoms with Crippen LogP contribution in [0.15, 0.2) is 54.6 Å². The Morgan fingerprint density at radius 1 is 1.00 bits per heavy atom. The summed E-state index contributed by atoms with van der Waals surface area (Å²) in [5, 5.41) is 3.07. The first-order chi connectivity index (χ1) is 11.1. The Labute approximate surface area is 139 Å². The summed E-state index contributed by atoms with van der Waals surface area (Å²) in [6.07, 6.45) is 0.837. The van der Waals surface area contributed by atoms with Gasteiger partial charge in [-0.15, -0.1) is 0 Å². The lowest BCUT2D eigenvalue weighted by atomic mass is 10.1. The van der Waals surface area contributed by atoms with E-state index in [2.05, 4.69) is 36.2 Å². The molecular weight excluding hydrogens is 284 g/mol. The molecular formula is C20H26N2O. The third-order valence-corrected chi connectivity index (χ3v) is 4.02. The van der Waals surface area contributed by atoms with Crippen LogP contribution < -0.4 is 10.2 Å². The summed E-state index contributed by atoms with van der Waals surface area (Å²) in [4.78, 5) is 14.6. The third-order valence-electron chi connectivity index (χ3n) is 4.02. The molecule has 0 saturated heterocycles. The Hall–Kier alpha value is -2.29. The second-order valence-corrected chi connectivity index (χ2v) is 5.78. The highest BCUT2D eigenvalue weighted by molar-refractivity contribution is 5.94. The number of carbonyl (C=O) groups is 1. The van der Waals surface area contributed by atoms with Crippen molar-refractivity contribution in [3.05, 3.63) is 65.7 Å². The smallest absolute Gasteiger partial charge is 0.251 e. The second-order valence-electron chi connectivity index (χ2n) is 5.78. The summed E-state index contributed by atoms with van der Waals surface area (Å²) in [5.74, 6) is -0.0143. The van der Waals surface area contributed by atoms with Gasteiger partial charge in [-0.25, -0.2) is 0 Å². The molecule has 2 rings (SSSR count). The number of benzene rings is 2. The van der Waals surface area contributed by atoms with Gasteiger partial charge < -0.3 is 10.2 Å². The van der Waals surface area contributed by atoms with Crippen molar-refractivity contribution >= 4 is 11.6 Å². The van der Waals surface area contributed by atoms with E-state index in [0.29, 0.717) is 5.56 Å². The van der Waals surface area contributed by atoms with Crippen molar-refractivity contribution in [1.82, 2.24) is 5.32 Å². The van der Waals surface area contributed by atoms with Gasteiger partial charge in [0.05, 0.1) is 0 Å². The van der Waals surface area contributed by atoms with Crippen molar-refractivity contribution in [2.24, 2.45) is 0 Å². The van der Waals surface area contributed by atoms with Gasteiger partial charge in [0.2, 0.25) is 0 Å². The number of amides is 1. The quantitative estimate of drug-likeness (QED) is 0.841. The van der Waals surface area contributed by atoms with Gasteiger partial charge in [-0.1, -0.05) is 30.3 Å². The molecule has 0 saturated carbocycles. The number of carbonyl (C=O) groups excluding carboxylic acids is 1. The summed E-state index contributed by atoms with van der Waals surface area (Å²) in [5.41, 5.74) is 3.10. The first-order valence-corrected chi connectivity index (χ1v) is 8.33. The van der Waals surface area contributed by atoms with E-state index in [0.717, 1.165) is 25.2 Å². The molecule has 0 radical (unpaired) electrons. The van der Waals surface area contributed by atoms with Crippen LogP contribution in [0.3, 0.4) is 0 Å². The van der Waals surface area contributed by atoms with Gasteiger partial charge in [-0.2, -0.15) is 0 Å². The number of hydrogen-bond acceptors (Lipinski definition) is 2. The first kappa shape index (κ1) is 17.1. The van der Waals surface area contributed by atoms with Crippen molar-refractivity contribution in [1.29, 1.82) is 0 Å². The first-order valence-electron chi connectivity index (χ1n) is 8.33. The highest BCUT2D eigenvalue weighted by atomic mass is 16.1. The summed E-state index contributed by atoms with van der Waals surface area (Å²) < 4.78 is 0. The van der Waals surface area contributed by atoms with Crippen molar-refractivity contribution < 1.29 is 4.79 Å². The van der Waals surface area contributed by atoms with Gasteiger partial charge in [-0.3, -0.25) is 4.79 Å². The largest absolute Gasteiger partial charge is 0.372 e. The fourth-order valence-corrected chi connectivity index (χ4v) is 2.74. The molecule has 2 aromatic carbocycles. The number of anilines is 1. The van der Waals surface area contributed by atoms with E-state index >= 15 is 0 Å². The molecule has 0 aliphatic heterocycles. The fraction of sp³-hybridized carbons (Fsp3) is 0.350. The van der Waals surface area contributed by atoms with Crippen molar-refractivity contribution in [2.75, 3.05) is 18.0 Å². The number of rotatable bonds is 7. The highest BCUT2D eigenvalue weighted by Crippen LogP contribution is 2.15.